The number of rotatable bonds is 5. The van der Waals surface area contributed by atoms with Crippen molar-refractivity contribution in [2.75, 3.05) is 11.4 Å². The van der Waals surface area contributed by atoms with Gasteiger partial charge in [0.25, 0.3) is 11.8 Å². The molecule has 7 heteroatoms. The molecule has 4 aromatic carbocycles. The first-order valence-corrected chi connectivity index (χ1v) is 13.5. The number of carbonyl (C=O) groups excluding carboxylic acids is 2. The minimum absolute atomic E-state index is 0.0107. The van der Waals surface area contributed by atoms with Gasteiger partial charge in [0.05, 0.1) is 23.2 Å². The van der Waals surface area contributed by atoms with Crippen molar-refractivity contribution in [2.24, 2.45) is 0 Å². The molecule has 202 valence electrons. The minimum atomic E-state index is -1.75. The molecule has 0 radical (unpaired) electrons. The van der Waals surface area contributed by atoms with Crippen LogP contribution in [-0.2, 0) is 23.3 Å². The smallest absolute Gasteiger partial charge is 0.291 e. The summed E-state index contributed by atoms with van der Waals surface area (Å²) in [6.45, 7) is 2.40. The van der Waals surface area contributed by atoms with Gasteiger partial charge in [0.15, 0.2) is 11.0 Å². The van der Waals surface area contributed by atoms with Crippen LogP contribution in [0.1, 0.15) is 38.4 Å². The highest BCUT2D eigenvalue weighted by molar-refractivity contribution is 6.17. The number of para-hydroxylation sites is 1. The first-order valence-electron chi connectivity index (χ1n) is 13.5. The lowest BCUT2D eigenvalue weighted by Crippen LogP contribution is -2.53. The van der Waals surface area contributed by atoms with E-state index in [1.54, 1.807) is 17.0 Å². The molecule has 0 saturated carbocycles. The maximum Gasteiger partial charge on any atom is 0.291 e. The molecule has 2 amide bonds. The monoisotopic (exact) mass is 544 g/mol. The lowest BCUT2D eigenvalue weighted by atomic mass is 9.83. The summed E-state index contributed by atoms with van der Waals surface area (Å²) in [6, 6.07) is 28.3. The third kappa shape index (κ3) is 3.58. The molecule has 1 atom stereocenters. The van der Waals surface area contributed by atoms with Crippen molar-refractivity contribution in [2.45, 2.75) is 25.4 Å². The Bertz CT molecular complexity index is 1930. The van der Waals surface area contributed by atoms with Gasteiger partial charge in [-0.2, -0.15) is 0 Å². The van der Waals surface area contributed by atoms with E-state index in [9.17, 15) is 18.8 Å². The van der Waals surface area contributed by atoms with Crippen molar-refractivity contribution in [1.29, 1.82) is 0 Å². The summed E-state index contributed by atoms with van der Waals surface area (Å²) in [6.07, 6.45) is 0.456. The number of anilines is 1. The second-order valence-electron chi connectivity index (χ2n) is 10.5. The lowest BCUT2D eigenvalue weighted by Gasteiger charge is -2.34. The van der Waals surface area contributed by atoms with Crippen LogP contribution in [0.25, 0.3) is 11.0 Å². The summed E-state index contributed by atoms with van der Waals surface area (Å²) in [5.74, 6) is -1.74. The third-order valence-corrected chi connectivity index (χ3v) is 8.25. The van der Waals surface area contributed by atoms with Crippen molar-refractivity contribution >= 4 is 28.5 Å². The summed E-state index contributed by atoms with van der Waals surface area (Å²) in [4.78, 5) is 46.3. The first-order chi connectivity index (χ1) is 19.9. The Morgan fingerprint density at radius 3 is 2.39 bits per heavy atom. The van der Waals surface area contributed by atoms with E-state index < -0.39 is 28.6 Å². The fourth-order valence-corrected chi connectivity index (χ4v) is 6.26. The van der Waals surface area contributed by atoms with Crippen LogP contribution in [0, 0.1) is 12.7 Å². The van der Waals surface area contributed by atoms with Crippen molar-refractivity contribution in [3.8, 4) is 0 Å². The fraction of sp³-hybridized carbons (Fsp3) is 0.147. The Morgan fingerprint density at radius 2 is 1.59 bits per heavy atom. The molecule has 0 N–H and O–H groups in total. The van der Waals surface area contributed by atoms with Crippen LogP contribution in [0.15, 0.2) is 106 Å². The molecule has 1 aromatic heterocycles. The first kappa shape index (κ1) is 25.0. The van der Waals surface area contributed by atoms with Gasteiger partial charge in [-0.3, -0.25) is 14.4 Å². The van der Waals surface area contributed by atoms with E-state index in [1.807, 2.05) is 73.7 Å². The van der Waals surface area contributed by atoms with Crippen LogP contribution in [0.3, 0.4) is 0 Å². The average molecular weight is 545 g/mol. The average Bonchev–Trinajstić information content (AvgIpc) is 3.38. The molecule has 41 heavy (non-hydrogen) atoms. The SMILES string of the molecule is Cc1ccccc1CN1C(=O)C2(c3ccccc31)c1c(oc3ccc(F)cc3c1=O)C(=O)N2CCc1ccccc1. The molecule has 7 rings (SSSR count). The number of nitrogens with zero attached hydrogens (tertiary/aromatic N) is 2. The normalized spacial score (nSPS) is 17.5. The number of amides is 2. The number of fused-ring (bicyclic) bond motifs is 5. The molecule has 1 spiro atoms. The molecule has 2 aliphatic rings. The van der Waals surface area contributed by atoms with Crippen LogP contribution in [-0.4, -0.2) is 23.3 Å². The molecule has 0 fully saturated rings. The summed E-state index contributed by atoms with van der Waals surface area (Å²) in [5, 5.41) is -0.0107. The molecule has 0 bridgehead atoms. The number of halogens is 1. The van der Waals surface area contributed by atoms with Crippen molar-refractivity contribution in [1.82, 2.24) is 4.90 Å². The van der Waals surface area contributed by atoms with E-state index in [-0.39, 0.29) is 35.4 Å². The molecule has 6 nitrogen and oxygen atoms in total. The standard InChI is InChI=1S/C34H25FN2O4/c1-21-9-5-6-12-23(21)20-36-27-14-8-7-13-26(27)34(33(36)40)29-30(38)25-19-24(35)15-16-28(25)41-31(29)32(39)37(34)18-17-22-10-3-2-4-11-22/h2-16,19H,17-18,20H2,1H3. The van der Waals surface area contributed by atoms with Gasteiger partial charge in [0.2, 0.25) is 5.76 Å². The molecule has 0 aliphatic carbocycles. The van der Waals surface area contributed by atoms with Crippen molar-refractivity contribution in [3.05, 3.63) is 147 Å². The molecule has 3 heterocycles. The van der Waals surface area contributed by atoms with Crippen LogP contribution in [0.2, 0.25) is 0 Å². The highest BCUT2D eigenvalue weighted by Crippen LogP contribution is 2.53. The molecular weight excluding hydrogens is 519 g/mol. The van der Waals surface area contributed by atoms with Crippen molar-refractivity contribution < 1.29 is 18.4 Å². The fourth-order valence-electron chi connectivity index (χ4n) is 6.26. The van der Waals surface area contributed by atoms with E-state index in [1.165, 1.54) is 17.0 Å². The molecule has 1 unspecified atom stereocenters. The Morgan fingerprint density at radius 1 is 0.854 bits per heavy atom. The van der Waals surface area contributed by atoms with Crippen LogP contribution in [0.4, 0.5) is 10.1 Å². The molecule has 0 saturated heterocycles. The third-order valence-electron chi connectivity index (χ3n) is 8.25. The van der Waals surface area contributed by atoms with E-state index >= 15 is 0 Å². The predicted molar refractivity (Wildman–Crippen MR) is 153 cm³/mol. The largest absolute Gasteiger partial charge is 0.450 e. The minimum Gasteiger partial charge on any atom is -0.450 e. The van der Waals surface area contributed by atoms with Gasteiger partial charge >= 0.3 is 0 Å². The number of carbonyl (C=O) groups is 2. The van der Waals surface area contributed by atoms with E-state index in [2.05, 4.69) is 0 Å². The van der Waals surface area contributed by atoms with Gasteiger partial charge in [0.1, 0.15) is 11.4 Å². The van der Waals surface area contributed by atoms with Gasteiger partial charge in [-0.15, -0.1) is 0 Å². The van der Waals surface area contributed by atoms with Crippen molar-refractivity contribution in [3.63, 3.8) is 0 Å². The quantitative estimate of drug-likeness (QED) is 0.283. The Hall–Kier alpha value is -5.04. The predicted octanol–water partition coefficient (Wildman–Crippen LogP) is 5.73. The van der Waals surface area contributed by atoms with E-state index in [0.29, 0.717) is 17.7 Å². The van der Waals surface area contributed by atoms with Gasteiger partial charge < -0.3 is 14.2 Å². The Balaban J connectivity index is 1.48. The second-order valence-corrected chi connectivity index (χ2v) is 10.5. The summed E-state index contributed by atoms with van der Waals surface area (Å²) in [7, 11) is 0. The highest BCUT2D eigenvalue weighted by Gasteiger charge is 2.64. The maximum absolute atomic E-state index is 14.9. The molecule has 5 aromatic rings. The van der Waals surface area contributed by atoms with Gasteiger partial charge in [-0.05, 0) is 54.3 Å². The van der Waals surface area contributed by atoms with Gasteiger partial charge in [0, 0.05) is 12.1 Å². The number of hydrogen-bond acceptors (Lipinski definition) is 4. The number of hydrogen-bond donors (Lipinski definition) is 0. The highest BCUT2D eigenvalue weighted by atomic mass is 19.1. The zero-order valence-corrected chi connectivity index (χ0v) is 22.3. The van der Waals surface area contributed by atoms with Gasteiger partial charge in [-0.25, -0.2) is 4.39 Å². The molecular formula is C34H25FN2O4. The molecule has 2 aliphatic heterocycles. The Labute approximate surface area is 235 Å². The van der Waals surface area contributed by atoms with Gasteiger partial charge in [-0.1, -0.05) is 72.8 Å². The van der Waals surface area contributed by atoms with Crippen LogP contribution < -0.4 is 10.3 Å². The topological polar surface area (TPSA) is 70.8 Å². The van der Waals surface area contributed by atoms with E-state index in [4.69, 9.17) is 4.42 Å². The summed E-state index contributed by atoms with van der Waals surface area (Å²) >= 11 is 0. The summed E-state index contributed by atoms with van der Waals surface area (Å²) < 4.78 is 20.4. The lowest BCUT2D eigenvalue weighted by molar-refractivity contribution is -0.126. The van der Waals surface area contributed by atoms with Crippen LogP contribution in [0.5, 0.6) is 0 Å². The zero-order chi connectivity index (χ0) is 28.3. The van der Waals surface area contributed by atoms with Crippen LogP contribution >= 0.6 is 0 Å². The Kier molecular flexibility index (Phi) is 5.64. The second kappa shape index (κ2) is 9.27. The summed E-state index contributed by atoms with van der Waals surface area (Å²) in [5.41, 5.74) is 1.79. The maximum atomic E-state index is 14.9. The zero-order valence-electron chi connectivity index (χ0n) is 22.3. The number of aryl methyl sites for hydroxylation is 1. The number of benzene rings is 4. The van der Waals surface area contributed by atoms with E-state index in [0.717, 1.165) is 22.8 Å².